The molecule has 4 aromatic rings. The summed E-state index contributed by atoms with van der Waals surface area (Å²) in [7, 11) is 0. The lowest BCUT2D eigenvalue weighted by Gasteiger charge is -2.34. The van der Waals surface area contributed by atoms with Gasteiger partial charge in [0.1, 0.15) is 24.0 Å². The fourth-order valence-electron chi connectivity index (χ4n) is 4.36. The normalized spacial score (nSPS) is 16.2. The number of halogens is 1. The summed E-state index contributed by atoms with van der Waals surface area (Å²) in [6.07, 6.45) is 4.39. The van der Waals surface area contributed by atoms with Gasteiger partial charge in [-0.1, -0.05) is 12.1 Å². The van der Waals surface area contributed by atoms with Gasteiger partial charge in [-0.05, 0) is 36.8 Å². The molecule has 10 heteroatoms. The van der Waals surface area contributed by atoms with Gasteiger partial charge in [0.15, 0.2) is 0 Å². The number of fused-ring (bicyclic) bond motifs is 1. The maximum absolute atomic E-state index is 15.1. The number of nitrogens with one attached hydrogen (secondary N) is 1. The quantitative estimate of drug-likeness (QED) is 0.469. The number of benzene rings is 2. The van der Waals surface area contributed by atoms with Crippen molar-refractivity contribution in [1.82, 2.24) is 24.6 Å². The van der Waals surface area contributed by atoms with Gasteiger partial charge in [0.05, 0.1) is 17.7 Å². The minimum atomic E-state index is -1.36. The van der Waals surface area contributed by atoms with Crippen LogP contribution in [-0.2, 0) is 6.54 Å². The molecule has 1 saturated heterocycles. The van der Waals surface area contributed by atoms with Gasteiger partial charge >= 0.3 is 5.97 Å². The van der Waals surface area contributed by atoms with E-state index in [4.69, 9.17) is 0 Å². The molecule has 1 aliphatic rings. The summed E-state index contributed by atoms with van der Waals surface area (Å²) >= 11 is 0. The third-order valence-electron chi connectivity index (χ3n) is 6.04. The highest BCUT2D eigenvalue weighted by Gasteiger charge is 2.22. The van der Waals surface area contributed by atoms with Crippen molar-refractivity contribution in [2.45, 2.75) is 19.5 Å². The average molecular weight is 462 g/mol. The molecule has 9 nitrogen and oxygen atoms in total. The summed E-state index contributed by atoms with van der Waals surface area (Å²) in [6, 6.07) is 10.4. The second-order valence-electron chi connectivity index (χ2n) is 8.43. The van der Waals surface area contributed by atoms with Gasteiger partial charge in [0, 0.05) is 42.9 Å². The van der Waals surface area contributed by atoms with Gasteiger partial charge in [-0.15, -0.1) is 0 Å². The van der Waals surface area contributed by atoms with E-state index in [-0.39, 0.29) is 11.4 Å². The molecule has 3 heterocycles. The van der Waals surface area contributed by atoms with Crippen LogP contribution in [0.4, 0.5) is 10.1 Å². The van der Waals surface area contributed by atoms with Gasteiger partial charge < -0.3 is 19.9 Å². The van der Waals surface area contributed by atoms with Crippen molar-refractivity contribution in [3.05, 3.63) is 82.4 Å². The number of pyridine rings is 1. The van der Waals surface area contributed by atoms with Crippen molar-refractivity contribution in [1.29, 1.82) is 0 Å². The Morgan fingerprint density at radius 1 is 1.26 bits per heavy atom. The molecule has 2 aromatic heterocycles. The first-order valence-corrected chi connectivity index (χ1v) is 10.9. The monoisotopic (exact) mass is 462 g/mol. The molecular weight excluding hydrogens is 439 g/mol. The van der Waals surface area contributed by atoms with E-state index >= 15 is 4.39 Å². The SMILES string of the molecule is CC1CN(c2cc3c(cc2F)c(=O)c(C(=O)O)cn3-c2ccc(Cn3cncn3)cc2)CCN1. The Kier molecular flexibility index (Phi) is 5.58. The van der Waals surface area contributed by atoms with Gasteiger partial charge in [0.2, 0.25) is 5.43 Å². The molecule has 1 fully saturated rings. The van der Waals surface area contributed by atoms with E-state index in [0.717, 1.165) is 18.2 Å². The van der Waals surface area contributed by atoms with E-state index in [2.05, 4.69) is 15.4 Å². The number of hydrogen-bond donors (Lipinski definition) is 2. The van der Waals surface area contributed by atoms with Crippen LogP contribution in [0.15, 0.2) is 60.0 Å². The van der Waals surface area contributed by atoms with Crippen LogP contribution in [0.5, 0.6) is 0 Å². The van der Waals surface area contributed by atoms with Crippen LogP contribution in [0.2, 0.25) is 0 Å². The molecule has 1 unspecified atom stereocenters. The maximum atomic E-state index is 15.1. The Bertz CT molecular complexity index is 1420. The fourth-order valence-corrected chi connectivity index (χ4v) is 4.36. The number of nitrogens with zero attached hydrogens (tertiary/aromatic N) is 5. The van der Waals surface area contributed by atoms with E-state index in [1.807, 2.05) is 36.1 Å². The lowest BCUT2D eigenvalue weighted by molar-refractivity contribution is 0.0695. The van der Waals surface area contributed by atoms with Crippen LogP contribution in [0, 0.1) is 5.82 Å². The second kappa shape index (κ2) is 8.71. The standard InChI is InChI=1S/C24H23FN6O3/c1-15-10-29(7-6-27-15)22-9-21-18(8-20(22)25)23(32)19(24(33)34)12-31(21)17-4-2-16(3-5-17)11-30-14-26-13-28-30/h2-5,8-9,12-15,27H,6-7,10-11H2,1H3,(H,33,34). The number of carbonyl (C=O) groups is 1. The summed E-state index contributed by atoms with van der Waals surface area (Å²) in [4.78, 5) is 30.5. The fraction of sp³-hybridized carbons (Fsp3) is 0.250. The summed E-state index contributed by atoms with van der Waals surface area (Å²) in [5.41, 5.74) is 1.34. The zero-order valence-electron chi connectivity index (χ0n) is 18.5. The van der Waals surface area contributed by atoms with Crippen LogP contribution in [0.3, 0.4) is 0 Å². The highest BCUT2D eigenvalue weighted by Crippen LogP contribution is 2.28. The lowest BCUT2D eigenvalue weighted by atomic mass is 10.1. The predicted octanol–water partition coefficient (Wildman–Crippen LogP) is 2.27. The first-order chi connectivity index (χ1) is 16.4. The second-order valence-corrected chi connectivity index (χ2v) is 8.43. The first-order valence-electron chi connectivity index (χ1n) is 10.9. The zero-order chi connectivity index (χ0) is 23.8. The molecule has 174 valence electrons. The number of piperazine rings is 1. The molecule has 5 rings (SSSR count). The highest BCUT2D eigenvalue weighted by molar-refractivity contribution is 5.94. The Balaban J connectivity index is 1.64. The molecule has 0 spiro atoms. The van der Waals surface area contributed by atoms with Gasteiger partial charge in [-0.25, -0.2) is 18.9 Å². The molecular formula is C24H23FN6O3. The van der Waals surface area contributed by atoms with Crippen molar-refractivity contribution in [2.75, 3.05) is 24.5 Å². The summed E-state index contributed by atoms with van der Waals surface area (Å²) in [5.74, 6) is -1.90. The van der Waals surface area contributed by atoms with Crippen molar-refractivity contribution in [2.24, 2.45) is 0 Å². The Labute approximate surface area is 194 Å². The number of anilines is 1. The van der Waals surface area contributed by atoms with E-state index < -0.39 is 22.8 Å². The Morgan fingerprint density at radius 2 is 2.06 bits per heavy atom. The van der Waals surface area contributed by atoms with Crippen LogP contribution in [0.1, 0.15) is 22.8 Å². The van der Waals surface area contributed by atoms with Crippen molar-refractivity contribution >= 4 is 22.6 Å². The van der Waals surface area contributed by atoms with Crippen LogP contribution in [0.25, 0.3) is 16.6 Å². The molecule has 0 aliphatic carbocycles. The molecule has 0 saturated carbocycles. The van der Waals surface area contributed by atoms with Crippen molar-refractivity contribution in [3.63, 3.8) is 0 Å². The number of rotatable bonds is 5. The molecule has 2 N–H and O–H groups in total. The van der Waals surface area contributed by atoms with E-state index in [0.29, 0.717) is 36.5 Å². The topological polar surface area (TPSA) is 105 Å². The smallest absolute Gasteiger partial charge is 0.341 e. The zero-order valence-corrected chi connectivity index (χ0v) is 18.5. The van der Waals surface area contributed by atoms with E-state index in [9.17, 15) is 14.7 Å². The minimum absolute atomic E-state index is 0.0241. The summed E-state index contributed by atoms with van der Waals surface area (Å²) < 4.78 is 18.5. The molecule has 0 bridgehead atoms. The number of aromatic nitrogens is 4. The molecule has 2 aromatic carbocycles. The van der Waals surface area contributed by atoms with E-state index in [1.165, 1.54) is 12.5 Å². The lowest BCUT2D eigenvalue weighted by Crippen LogP contribution is -2.49. The largest absolute Gasteiger partial charge is 0.477 e. The van der Waals surface area contributed by atoms with Crippen LogP contribution in [-0.4, -0.2) is 56.1 Å². The van der Waals surface area contributed by atoms with Gasteiger partial charge in [-0.3, -0.25) is 4.79 Å². The number of carboxylic acids is 1. The van der Waals surface area contributed by atoms with Crippen molar-refractivity contribution < 1.29 is 14.3 Å². The van der Waals surface area contributed by atoms with Gasteiger partial charge in [-0.2, -0.15) is 5.10 Å². The third kappa shape index (κ3) is 4.03. The predicted molar refractivity (Wildman–Crippen MR) is 125 cm³/mol. The number of carboxylic acid groups (broad SMARTS) is 1. The molecule has 0 radical (unpaired) electrons. The molecule has 34 heavy (non-hydrogen) atoms. The Morgan fingerprint density at radius 3 is 2.74 bits per heavy atom. The number of hydrogen-bond acceptors (Lipinski definition) is 6. The maximum Gasteiger partial charge on any atom is 0.341 e. The number of aromatic carboxylic acids is 1. The van der Waals surface area contributed by atoms with Gasteiger partial charge in [0.25, 0.3) is 0 Å². The minimum Gasteiger partial charge on any atom is -0.477 e. The summed E-state index contributed by atoms with van der Waals surface area (Å²) in [5, 5.41) is 17.1. The molecule has 1 atom stereocenters. The van der Waals surface area contributed by atoms with Crippen LogP contribution >= 0.6 is 0 Å². The van der Waals surface area contributed by atoms with Crippen molar-refractivity contribution in [3.8, 4) is 5.69 Å². The van der Waals surface area contributed by atoms with Crippen LogP contribution < -0.4 is 15.6 Å². The highest BCUT2D eigenvalue weighted by atomic mass is 19.1. The third-order valence-corrected chi connectivity index (χ3v) is 6.04. The summed E-state index contributed by atoms with van der Waals surface area (Å²) in [6.45, 7) is 4.53. The average Bonchev–Trinajstić information content (AvgIpc) is 3.33. The molecule has 0 amide bonds. The Hall–Kier alpha value is -4.05. The van der Waals surface area contributed by atoms with E-state index in [1.54, 1.807) is 21.6 Å². The first kappa shape index (κ1) is 21.8. The molecule has 1 aliphatic heterocycles.